The Morgan fingerprint density at radius 3 is 2.12 bits per heavy atom. The van der Waals surface area contributed by atoms with Gasteiger partial charge in [0.25, 0.3) is 0 Å². The van der Waals surface area contributed by atoms with E-state index in [2.05, 4.69) is 58.3 Å². The Bertz CT molecular complexity index is 310. The molecule has 0 aromatic heterocycles. The summed E-state index contributed by atoms with van der Waals surface area (Å²) in [6, 6.07) is 7.46. The van der Waals surface area contributed by atoms with E-state index in [1.54, 1.807) is 0 Å². The quantitative estimate of drug-likeness (QED) is 0.794. The van der Waals surface area contributed by atoms with E-state index in [4.69, 9.17) is 0 Å². The third kappa shape index (κ3) is 3.34. The van der Waals surface area contributed by atoms with Crippen LogP contribution >= 0.6 is 0 Å². The van der Waals surface area contributed by atoms with Crippen molar-refractivity contribution >= 4 is 0 Å². The van der Waals surface area contributed by atoms with Crippen LogP contribution in [-0.4, -0.2) is 13.1 Å². The average Bonchev–Trinajstić information content (AvgIpc) is 2.23. The van der Waals surface area contributed by atoms with Crippen LogP contribution in [0.3, 0.4) is 0 Å². The van der Waals surface area contributed by atoms with Crippen LogP contribution in [0.2, 0.25) is 0 Å². The summed E-state index contributed by atoms with van der Waals surface area (Å²) in [5.74, 6) is 0.587. The lowest BCUT2D eigenvalue weighted by molar-refractivity contribution is 0.451. The Balaban J connectivity index is 2.89. The van der Waals surface area contributed by atoms with Crippen molar-refractivity contribution in [2.24, 2.45) is 0 Å². The molecule has 16 heavy (non-hydrogen) atoms. The van der Waals surface area contributed by atoms with Crippen LogP contribution in [0.25, 0.3) is 0 Å². The van der Waals surface area contributed by atoms with E-state index >= 15 is 0 Å². The summed E-state index contributed by atoms with van der Waals surface area (Å²) in [6.45, 7) is 8.93. The molecule has 0 radical (unpaired) electrons. The molecule has 0 aliphatic carbocycles. The minimum Gasteiger partial charge on any atom is -0.316 e. The molecule has 0 saturated carbocycles. The second kappa shape index (κ2) is 6.05. The predicted octanol–water partition coefficient (Wildman–Crippen LogP) is 3.80. The molecule has 0 amide bonds. The summed E-state index contributed by atoms with van der Waals surface area (Å²) in [6.07, 6.45) is 2.48. The van der Waals surface area contributed by atoms with Gasteiger partial charge >= 0.3 is 0 Å². The summed E-state index contributed by atoms with van der Waals surface area (Å²) in [5, 5.41) is 3.44. The number of hydrogen-bond acceptors (Lipinski definition) is 1. The van der Waals surface area contributed by atoms with Gasteiger partial charge in [-0.1, -0.05) is 49.6 Å². The average molecular weight is 219 g/mol. The van der Waals surface area contributed by atoms with Crippen LogP contribution in [-0.2, 0) is 0 Å². The summed E-state index contributed by atoms with van der Waals surface area (Å²) in [7, 11) is 2.07. The second-order valence-electron chi connectivity index (χ2n) is 4.89. The van der Waals surface area contributed by atoms with E-state index in [1.807, 2.05) is 0 Å². The molecule has 0 aliphatic heterocycles. The lowest BCUT2D eigenvalue weighted by atomic mass is 9.89. The van der Waals surface area contributed by atoms with Crippen molar-refractivity contribution in [2.45, 2.75) is 52.5 Å². The number of hydrogen-bond donors (Lipinski definition) is 1. The number of rotatable bonds is 5. The maximum absolute atomic E-state index is 3.44. The molecule has 1 rings (SSSR count). The highest BCUT2D eigenvalue weighted by Gasteiger charge is 2.16. The molecular formula is C15H25N. The van der Waals surface area contributed by atoms with Crippen molar-refractivity contribution in [1.82, 2.24) is 5.32 Å². The van der Waals surface area contributed by atoms with Gasteiger partial charge in [-0.15, -0.1) is 0 Å². The van der Waals surface area contributed by atoms with Crippen molar-refractivity contribution in [3.8, 4) is 0 Å². The molecule has 0 heterocycles. The Labute approximate surface area is 100 Å². The van der Waals surface area contributed by atoms with E-state index in [9.17, 15) is 0 Å². The van der Waals surface area contributed by atoms with Crippen LogP contribution in [0, 0.1) is 13.8 Å². The Kier molecular flexibility index (Phi) is 5.01. The molecule has 1 N–H and O–H groups in total. The molecule has 2 atom stereocenters. The number of benzene rings is 1. The molecule has 90 valence electrons. The summed E-state index contributed by atoms with van der Waals surface area (Å²) < 4.78 is 0. The van der Waals surface area contributed by atoms with Gasteiger partial charge in [0, 0.05) is 6.04 Å². The molecular weight excluding hydrogens is 194 g/mol. The molecule has 0 saturated heterocycles. The van der Waals surface area contributed by atoms with Crippen LogP contribution in [0.15, 0.2) is 18.2 Å². The largest absolute Gasteiger partial charge is 0.316 e. The molecule has 2 unspecified atom stereocenters. The zero-order valence-corrected chi connectivity index (χ0v) is 11.3. The van der Waals surface area contributed by atoms with Gasteiger partial charge in [0.2, 0.25) is 0 Å². The fourth-order valence-corrected chi connectivity index (χ4v) is 2.46. The van der Waals surface area contributed by atoms with Crippen molar-refractivity contribution in [3.05, 3.63) is 34.9 Å². The number of nitrogens with one attached hydrogen (secondary N) is 1. The maximum Gasteiger partial charge on any atom is 0.0130 e. The van der Waals surface area contributed by atoms with E-state index in [1.165, 1.54) is 29.5 Å². The van der Waals surface area contributed by atoms with Crippen LogP contribution < -0.4 is 5.32 Å². The molecule has 1 aromatic carbocycles. The summed E-state index contributed by atoms with van der Waals surface area (Å²) in [5.41, 5.74) is 4.20. The maximum atomic E-state index is 3.44. The topological polar surface area (TPSA) is 12.0 Å². The van der Waals surface area contributed by atoms with Gasteiger partial charge in [0.15, 0.2) is 0 Å². The highest BCUT2D eigenvalue weighted by molar-refractivity contribution is 5.31. The lowest BCUT2D eigenvalue weighted by Gasteiger charge is -2.24. The number of likely N-dealkylation sites (N-methyl/N-ethyl adjacent to an activating group) is 1. The van der Waals surface area contributed by atoms with E-state index in [0.717, 1.165) is 0 Å². The molecule has 0 spiro atoms. The molecule has 1 heteroatoms. The zero-order valence-electron chi connectivity index (χ0n) is 11.3. The van der Waals surface area contributed by atoms with Gasteiger partial charge < -0.3 is 5.32 Å². The van der Waals surface area contributed by atoms with E-state index < -0.39 is 0 Å². The van der Waals surface area contributed by atoms with E-state index in [-0.39, 0.29) is 0 Å². The smallest absolute Gasteiger partial charge is 0.0130 e. The fourth-order valence-electron chi connectivity index (χ4n) is 2.46. The Morgan fingerprint density at radius 2 is 1.69 bits per heavy atom. The molecule has 0 fully saturated rings. The molecule has 0 bridgehead atoms. The van der Waals surface area contributed by atoms with Crippen molar-refractivity contribution in [2.75, 3.05) is 7.05 Å². The van der Waals surface area contributed by atoms with Gasteiger partial charge in [0.05, 0.1) is 0 Å². The van der Waals surface area contributed by atoms with Gasteiger partial charge in [-0.05, 0) is 38.8 Å². The first-order valence-corrected chi connectivity index (χ1v) is 6.34. The molecule has 1 aromatic rings. The SMILES string of the molecule is CCCC(NC)C(C)c1cc(C)cc(C)c1. The van der Waals surface area contributed by atoms with Crippen LogP contribution in [0.4, 0.5) is 0 Å². The Hall–Kier alpha value is -0.820. The number of aryl methyl sites for hydroxylation is 2. The van der Waals surface area contributed by atoms with Crippen LogP contribution in [0.1, 0.15) is 49.3 Å². The summed E-state index contributed by atoms with van der Waals surface area (Å²) in [4.78, 5) is 0. The Morgan fingerprint density at radius 1 is 1.12 bits per heavy atom. The standard InChI is InChI=1S/C15H25N/c1-6-7-15(16-5)13(4)14-9-11(2)8-12(3)10-14/h8-10,13,15-16H,6-7H2,1-5H3. The third-order valence-electron chi connectivity index (χ3n) is 3.34. The van der Waals surface area contributed by atoms with Gasteiger partial charge in [-0.25, -0.2) is 0 Å². The van der Waals surface area contributed by atoms with Crippen molar-refractivity contribution in [3.63, 3.8) is 0 Å². The fraction of sp³-hybridized carbons (Fsp3) is 0.600. The third-order valence-corrected chi connectivity index (χ3v) is 3.34. The first-order chi connectivity index (χ1) is 7.58. The van der Waals surface area contributed by atoms with Gasteiger partial charge in [-0.2, -0.15) is 0 Å². The minimum atomic E-state index is 0.587. The van der Waals surface area contributed by atoms with Crippen molar-refractivity contribution in [1.29, 1.82) is 0 Å². The van der Waals surface area contributed by atoms with Gasteiger partial charge in [0.1, 0.15) is 0 Å². The van der Waals surface area contributed by atoms with Gasteiger partial charge in [-0.3, -0.25) is 0 Å². The first-order valence-electron chi connectivity index (χ1n) is 6.34. The second-order valence-corrected chi connectivity index (χ2v) is 4.89. The first kappa shape index (κ1) is 13.2. The minimum absolute atomic E-state index is 0.587. The highest BCUT2D eigenvalue weighted by Crippen LogP contribution is 2.24. The van der Waals surface area contributed by atoms with E-state index in [0.29, 0.717) is 12.0 Å². The lowest BCUT2D eigenvalue weighted by Crippen LogP contribution is -2.30. The molecule has 1 nitrogen and oxygen atoms in total. The van der Waals surface area contributed by atoms with Crippen LogP contribution in [0.5, 0.6) is 0 Å². The summed E-state index contributed by atoms with van der Waals surface area (Å²) >= 11 is 0. The highest BCUT2D eigenvalue weighted by atomic mass is 14.9. The molecule has 0 aliphatic rings. The normalized spacial score (nSPS) is 14.8. The van der Waals surface area contributed by atoms with Crippen molar-refractivity contribution < 1.29 is 0 Å². The predicted molar refractivity (Wildman–Crippen MR) is 72.1 cm³/mol. The monoisotopic (exact) mass is 219 g/mol. The zero-order chi connectivity index (χ0) is 12.1.